The van der Waals surface area contributed by atoms with Crippen LogP contribution in [0, 0.1) is 0 Å². The van der Waals surface area contributed by atoms with Gasteiger partial charge in [0, 0.05) is 24.4 Å². The van der Waals surface area contributed by atoms with Crippen LogP contribution >= 0.6 is 22.9 Å². The molecule has 0 spiro atoms. The minimum Gasteiger partial charge on any atom is -0.357 e. The Hall–Kier alpha value is -1.85. The van der Waals surface area contributed by atoms with Crippen molar-refractivity contribution in [2.45, 2.75) is 6.54 Å². The normalized spacial score (nSPS) is 10.8. The van der Waals surface area contributed by atoms with E-state index in [2.05, 4.69) is 20.2 Å². The summed E-state index contributed by atoms with van der Waals surface area (Å²) in [4.78, 5) is 12.4. The van der Waals surface area contributed by atoms with Crippen LogP contribution in [0.5, 0.6) is 0 Å². The first-order chi connectivity index (χ1) is 10.2. The summed E-state index contributed by atoms with van der Waals surface area (Å²) in [6.45, 7) is 0.765. The second kappa shape index (κ2) is 5.87. The monoisotopic (exact) mass is 318 g/mol. The quantitative estimate of drug-likeness (QED) is 0.788. The first-order valence-corrected chi connectivity index (χ1v) is 7.76. The first-order valence-electron chi connectivity index (χ1n) is 6.57. The van der Waals surface area contributed by atoms with E-state index in [1.807, 2.05) is 50.5 Å². The van der Waals surface area contributed by atoms with Crippen LogP contribution in [0.25, 0.3) is 10.9 Å². The Morgan fingerprint density at radius 1 is 1.19 bits per heavy atom. The highest BCUT2D eigenvalue weighted by Crippen LogP contribution is 2.28. The summed E-state index contributed by atoms with van der Waals surface area (Å²) in [5.41, 5.74) is 0.933. The molecule has 0 aliphatic heterocycles. The molecule has 21 heavy (non-hydrogen) atoms. The number of rotatable bonds is 4. The van der Waals surface area contributed by atoms with Crippen molar-refractivity contribution in [1.29, 1.82) is 0 Å². The van der Waals surface area contributed by atoms with E-state index in [4.69, 9.17) is 11.6 Å². The highest BCUT2D eigenvalue weighted by Gasteiger charge is 2.12. The van der Waals surface area contributed by atoms with E-state index in [-0.39, 0.29) is 0 Å². The van der Waals surface area contributed by atoms with Crippen LogP contribution in [0.2, 0.25) is 4.34 Å². The predicted octanol–water partition coefficient (Wildman–Crippen LogP) is 4.02. The van der Waals surface area contributed by atoms with Crippen LogP contribution < -0.4 is 10.2 Å². The van der Waals surface area contributed by atoms with Crippen molar-refractivity contribution in [2.24, 2.45) is 0 Å². The molecule has 0 unspecified atom stereocenters. The Balaban J connectivity index is 2.01. The number of thiophene rings is 1. The highest BCUT2D eigenvalue weighted by molar-refractivity contribution is 7.16. The maximum Gasteiger partial charge on any atom is 0.224 e. The average Bonchev–Trinajstić information content (AvgIpc) is 2.91. The lowest BCUT2D eigenvalue weighted by Crippen LogP contribution is -2.18. The Bertz CT molecular complexity index is 771. The van der Waals surface area contributed by atoms with Gasteiger partial charge in [0.05, 0.1) is 16.4 Å². The highest BCUT2D eigenvalue weighted by atomic mass is 35.5. The van der Waals surface area contributed by atoms with Crippen LogP contribution in [-0.2, 0) is 6.54 Å². The Morgan fingerprint density at radius 2 is 2.00 bits per heavy atom. The molecule has 0 bridgehead atoms. The molecular formula is C15H15ClN4S. The molecule has 2 aromatic heterocycles. The Morgan fingerprint density at radius 3 is 2.71 bits per heavy atom. The molecular weight excluding hydrogens is 304 g/mol. The maximum atomic E-state index is 6.00. The summed E-state index contributed by atoms with van der Waals surface area (Å²) < 4.78 is 0.807. The third kappa shape index (κ3) is 2.94. The zero-order chi connectivity index (χ0) is 14.8. The van der Waals surface area contributed by atoms with E-state index in [1.165, 1.54) is 4.88 Å². The van der Waals surface area contributed by atoms with E-state index in [0.29, 0.717) is 5.95 Å². The number of fused-ring (bicyclic) bond motifs is 1. The van der Waals surface area contributed by atoms with E-state index in [0.717, 1.165) is 27.6 Å². The molecule has 0 amide bonds. The van der Waals surface area contributed by atoms with Gasteiger partial charge < -0.3 is 10.2 Å². The molecule has 0 fully saturated rings. The largest absolute Gasteiger partial charge is 0.357 e. The van der Waals surface area contributed by atoms with Gasteiger partial charge in [0.1, 0.15) is 5.82 Å². The molecule has 6 heteroatoms. The lowest BCUT2D eigenvalue weighted by Gasteiger charge is -2.19. The summed E-state index contributed by atoms with van der Waals surface area (Å²) >= 11 is 7.59. The molecule has 1 N–H and O–H groups in total. The second-order valence-corrected chi connectivity index (χ2v) is 6.50. The molecule has 2 heterocycles. The van der Waals surface area contributed by atoms with Gasteiger partial charge in [0.2, 0.25) is 5.95 Å². The van der Waals surface area contributed by atoms with Crippen LogP contribution in [-0.4, -0.2) is 24.1 Å². The first kappa shape index (κ1) is 14.1. The third-order valence-electron chi connectivity index (χ3n) is 3.19. The Kier molecular flexibility index (Phi) is 3.94. The van der Waals surface area contributed by atoms with E-state index in [9.17, 15) is 0 Å². The summed E-state index contributed by atoms with van der Waals surface area (Å²) in [6, 6.07) is 12.0. The topological polar surface area (TPSA) is 41.1 Å². The summed E-state index contributed by atoms with van der Waals surface area (Å²) in [6.07, 6.45) is 0. The lowest BCUT2D eigenvalue weighted by molar-refractivity contribution is 0.916. The van der Waals surface area contributed by atoms with Gasteiger partial charge >= 0.3 is 0 Å². The number of nitrogens with zero attached hydrogens (tertiary/aromatic N) is 3. The van der Waals surface area contributed by atoms with Crippen molar-refractivity contribution < 1.29 is 0 Å². The minimum atomic E-state index is 0.625. The van der Waals surface area contributed by atoms with Crippen molar-refractivity contribution in [2.75, 3.05) is 24.3 Å². The van der Waals surface area contributed by atoms with Gasteiger partial charge in [0.15, 0.2) is 0 Å². The molecule has 1 aromatic carbocycles. The van der Waals surface area contributed by atoms with Gasteiger partial charge in [-0.3, -0.25) is 0 Å². The zero-order valence-electron chi connectivity index (χ0n) is 11.8. The molecule has 3 rings (SSSR count). The molecule has 0 aliphatic carbocycles. The second-order valence-electron chi connectivity index (χ2n) is 4.70. The molecule has 4 nitrogen and oxygen atoms in total. The summed E-state index contributed by atoms with van der Waals surface area (Å²) in [5, 5.41) is 4.06. The minimum absolute atomic E-state index is 0.625. The Labute approximate surface area is 132 Å². The van der Waals surface area contributed by atoms with Crippen molar-refractivity contribution in [3.8, 4) is 0 Å². The predicted molar refractivity (Wildman–Crippen MR) is 90.5 cm³/mol. The van der Waals surface area contributed by atoms with Gasteiger partial charge in [0.25, 0.3) is 0 Å². The smallest absolute Gasteiger partial charge is 0.224 e. The number of para-hydroxylation sites is 1. The van der Waals surface area contributed by atoms with Crippen LogP contribution in [0.3, 0.4) is 0 Å². The van der Waals surface area contributed by atoms with Crippen molar-refractivity contribution >= 4 is 45.6 Å². The van der Waals surface area contributed by atoms with E-state index >= 15 is 0 Å². The van der Waals surface area contributed by atoms with E-state index in [1.54, 1.807) is 11.3 Å². The molecule has 108 valence electrons. The fourth-order valence-electron chi connectivity index (χ4n) is 2.21. The van der Waals surface area contributed by atoms with Crippen molar-refractivity contribution in [3.63, 3.8) is 0 Å². The van der Waals surface area contributed by atoms with Crippen LogP contribution in [0.4, 0.5) is 11.8 Å². The maximum absolute atomic E-state index is 6.00. The molecule has 0 radical (unpaired) electrons. The lowest BCUT2D eigenvalue weighted by atomic mass is 10.2. The van der Waals surface area contributed by atoms with Gasteiger partial charge in [-0.1, -0.05) is 23.7 Å². The molecule has 0 saturated heterocycles. The average molecular weight is 319 g/mol. The standard InChI is InChI=1S/C15H15ClN4S/c1-17-15-18-12-6-4-3-5-11(12)14(19-15)20(2)9-10-7-8-13(16)21-10/h3-8H,9H2,1-2H3,(H,17,18,19). The fraction of sp³-hybridized carbons (Fsp3) is 0.200. The number of aromatic nitrogens is 2. The van der Waals surface area contributed by atoms with Gasteiger partial charge in [-0.25, -0.2) is 4.98 Å². The number of nitrogens with one attached hydrogen (secondary N) is 1. The fourth-order valence-corrected chi connectivity index (χ4v) is 3.35. The van der Waals surface area contributed by atoms with Crippen LogP contribution in [0.1, 0.15) is 4.88 Å². The SMILES string of the molecule is CNc1nc(N(C)Cc2ccc(Cl)s2)c2ccccc2n1. The van der Waals surface area contributed by atoms with E-state index < -0.39 is 0 Å². The number of anilines is 2. The van der Waals surface area contributed by atoms with Gasteiger partial charge in [-0.15, -0.1) is 11.3 Å². The third-order valence-corrected chi connectivity index (χ3v) is 4.41. The molecule has 0 aliphatic rings. The van der Waals surface area contributed by atoms with Crippen molar-refractivity contribution in [3.05, 3.63) is 45.6 Å². The summed E-state index contributed by atoms with van der Waals surface area (Å²) in [5.74, 6) is 1.54. The van der Waals surface area contributed by atoms with Gasteiger partial charge in [-0.05, 0) is 24.3 Å². The summed E-state index contributed by atoms with van der Waals surface area (Å²) in [7, 11) is 3.86. The van der Waals surface area contributed by atoms with Gasteiger partial charge in [-0.2, -0.15) is 4.98 Å². The van der Waals surface area contributed by atoms with Crippen LogP contribution in [0.15, 0.2) is 36.4 Å². The van der Waals surface area contributed by atoms with Crippen molar-refractivity contribution in [1.82, 2.24) is 9.97 Å². The number of halogens is 1. The molecule has 3 aromatic rings. The molecule has 0 saturated carbocycles. The molecule has 0 atom stereocenters. The number of benzene rings is 1. The number of hydrogen-bond acceptors (Lipinski definition) is 5. The zero-order valence-corrected chi connectivity index (χ0v) is 13.4. The number of hydrogen-bond donors (Lipinski definition) is 1.